The second-order valence-electron chi connectivity index (χ2n) is 6.80. The molecule has 7 heteroatoms. The number of anilines is 1. The third-order valence-corrected chi connectivity index (χ3v) is 6.04. The first-order chi connectivity index (χ1) is 12.6. The molecule has 2 aromatic rings. The average Bonchev–Trinajstić information content (AvgIpc) is 3.29. The van der Waals surface area contributed by atoms with Crippen LogP contribution >= 0.6 is 11.9 Å². The Balaban J connectivity index is 1.50. The number of fused-ring (bicyclic) bond motifs is 2. The molecule has 0 aromatic heterocycles. The number of carbonyl (C=O) groups is 1. The lowest BCUT2D eigenvalue weighted by atomic mass is 9.80. The number of carbonyl (C=O) groups excluding carboxylic acids is 1. The molecule has 0 bridgehead atoms. The molecule has 2 aliphatic carbocycles. The molecule has 2 amide bonds. The van der Waals surface area contributed by atoms with Crippen LogP contribution in [-0.4, -0.2) is 23.2 Å². The van der Waals surface area contributed by atoms with Crippen LogP contribution in [0, 0.1) is 0 Å². The zero-order valence-electron chi connectivity index (χ0n) is 14.4. The van der Waals surface area contributed by atoms with Gasteiger partial charge in [0, 0.05) is 10.6 Å². The minimum Gasteiger partial charge on any atom is -0.423 e. The Morgan fingerprint density at radius 1 is 1.00 bits per heavy atom. The van der Waals surface area contributed by atoms with E-state index in [1.807, 2.05) is 0 Å². The molecular weight excluding hydrogens is 347 g/mol. The third-order valence-electron chi connectivity index (χ3n) is 5.16. The Morgan fingerprint density at radius 2 is 1.65 bits per heavy atom. The summed E-state index contributed by atoms with van der Waals surface area (Å²) in [5.74, 6) is 0. The van der Waals surface area contributed by atoms with Crippen LogP contribution in [-0.2, 0) is 25.7 Å². The van der Waals surface area contributed by atoms with Crippen molar-refractivity contribution in [1.29, 1.82) is 0 Å². The van der Waals surface area contributed by atoms with Crippen molar-refractivity contribution in [3.05, 3.63) is 52.6 Å². The summed E-state index contributed by atoms with van der Waals surface area (Å²) in [5, 5.41) is 21.9. The van der Waals surface area contributed by atoms with Gasteiger partial charge in [0.25, 0.3) is 0 Å². The summed E-state index contributed by atoms with van der Waals surface area (Å²) in [4.78, 5) is 13.1. The first kappa shape index (κ1) is 17.5. The molecule has 0 aliphatic heterocycles. The van der Waals surface area contributed by atoms with Crippen molar-refractivity contribution in [2.45, 2.75) is 43.4 Å². The van der Waals surface area contributed by atoms with Gasteiger partial charge >= 0.3 is 13.1 Å². The van der Waals surface area contributed by atoms with Gasteiger partial charge in [-0.15, -0.1) is 0 Å². The van der Waals surface area contributed by atoms with E-state index in [0.29, 0.717) is 10.4 Å². The van der Waals surface area contributed by atoms with Gasteiger partial charge in [0.2, 0.25) is 0 Å². The van der Waals surface area contributed by atoms with Crippen molar-refractivity contribution >= 4 is 36.2 Å². The number of hydrogen-bond donors (Lipinski definition) is 4. The van der Waals surface area contributed by atoms with E-state index in [1.165, 1.54) is 22.3 Å². The lowest BCUT2D eigenvalue weighted by Gasteiger charge is -2.16. The first-order valence-electron chi connectivity index (χ1n) is 8.99. The Bertz CT molecular complexity index is 825. The predicted octanol–water partition coefficient (Wildman–Crippen LogP) is 2.17. The van der Waals surface area contributed by atoms with E-state index in [1.54, 1.807) is 24.3 Å². The number of hydrogen-bond acceptors (Lipinski definition) is 4. The summed E-state index contributed by atoms with van der Waals surface area (Å²) in [6.07, 6.45) is 6.51. The molecule has 5 nitrogen and oxygen atoms in total. The van der Waals surface area contributed by atoms with Crippen LogP contribution in [0.4, 0.5) is 10.5 Å². The minimum absolute atomic E-state index is 0.286. The number of benzene rings is 2. The fraction of sp³-hybridized carbons (Fsp3) is 0.316. The summed E-state index contributed by atoms with van der Waals surface area (Å²) >= 11 is 1.09. The maximum Gasteiger partial charge on any atom is 0.489 e. The highest BCUT2D eigenvalue weighted by molar-refractivity contribution is 7.98. The van der Waals surface area contributed by atoms with Crippen LogP contribution in [0.3, 0.4) is 0 Å². The molecule has 0 saturated heterocycles. The van der Waals surface area contributed by atoms with Gasteiger partial charge in [-0.05, 0) is 84.3 Å². The van der Waals surface area contributed by atoms with E-state index in [4.69, 9.17) is 0 Å². The van der Waals surface area contributed by atoms with Crippen LogP contribution in [0.1, 0.15) is 35.1 Å². The van der Waals surface area contributed by atoms with E-state index < -0.39 is 7.12 Å². The lowest BCUT2D eigenvalue weighted by molar-refractivity contribution is 0.257. The molecule has 2 aromatic carbocycles. The SMILES string of the molecule is O=C(NSc1ccccc1B(O)O)Nc1c2c(cc3c1CCC3)CCC2. The molecule has 4 rings (SSSR count). The van der Waals surface area contributed by atoms with Crippen molar-refractivity contribution in [2.24, 2.45) is 0 Å². The molecule has 4 N–H and O–H groups in total. The summed E-state index contributed by atoms with van der Waals surface area (Å²) in [6, 6.07) is 8.95. The van der Waals surface area contributed by atoms with E-state index in [2.05, 4.69) is 16.1 Å². The molecule has 0 heterocycles. The van der Waals surface area contributed by atoms with Crippen molar-refractivity contribution in [2.75, 3.05) is 5.32 Å². The Labute approximate surface area is 157 Å². The molecule has 0 spiro atoms. The zero-order valence-corrected chi connectivity index (χ0v) is 15.2. The standard InChI is InChI=1S/C19H21BN2O3S/c23-19(22-26-17-10-2-1-9-16(17)20(24)25)21-18-14-7-3-5-12(14)11-13-6-4-8-15(13)18/h1-2,9-11,24-25H,3-8H2,(H2,21,22,23). The molecule has 26 heavy (non-hydrogen) atoms. The van der Waals surface area contributed by atoms with Gasteiger partial charge < -0.3 is 15.4 Å². The molecule has 2 aliphatic rings. The largest absolute Gasteiger partial charge is 0.489 e. The van der Waals surface area contributed by atoms with Gasteiger partial charge in [-0.25, -0.2) is 4.79 Å². The monoisotopic (exact) mass is 368 g/mol. The smallest absolute Gasteiger partial charge is 0.423 e. The van der Waals surface area contributed by atoms with E-state index in [0.717, 1.165) is 56.2 Å². The molecule has 0 saturated carbocycles. The zero-order chi connectivity index (χ0) is 18.1. The fourth-order valence-electron chi connectivity index (χ4n) is 3.99. The molecule has 134 valence electrons. The van der Waals surface area contributed by atoms with Crippen molar-refractivity contribution in [1.82, 2.24) is 4.72 Å². The van der Waals surface area contributed by atoms with E-state index >= 15 is 0 Å². The predicted molar refractivity (Wildman–Crippen MR) is 105 cm³/mol. The Kier molecular flexibility index (Phi) is 4.93. The maximum absolute atomic E-state index is 12.5. The van der Waals surface area contributed by atoms with Crippen molar-refractivity contribution < 1.29 is 14.8 Å². The van der Waals surface area contributed by atoms with Crippen LogP contribution in [0.2, 0.25) is 0 Å². The highest BCUT2D eigenvalue weighted by atomic mass is 32.2. The van der Waals surface area contributed by atoms with Gasteiger partial charge in [-0.3, -0.25) is 4.72 Å². The van der Waals surface area contributed by atoms with Gasteiger partial charge in [0.15, 0.2) is 0 Å². The number of urea groups is 1. The summed E-state index contributed by atoms with van der Waals surface area (Å²) in [5.41, 5.74) is 6.71. The minimum atomic E-state index is -1.57. The average molecular weight is 368 g/mol. The van der Waals surface area contributed by atoms with Gasteiger partial charge in [-0.1, -0.05) is 24.3 Å². The van der Waals surface area contributed by atoms with E-state index in [-0.39, 0.29) is 6.03 Å². The quantitative estimate of drug-likeness (QED) is 0.493. The summed E-state index contributed by atoms with van der Waals surface area (Å²) in [7, 11) is -1.57. The maximum atomic E-state index is 12.5. The van der Waals surface area contributed by atoms with Crippen LogP contribution < -0.4 is 15.5 Å². The van der Waals surface area contributed by atoms with Crippen LogP contribution in [0.25, 0.3) is 0 Å². The van der Waals surface area contributed by atoms with Crippen LogP contribution in [0.5, 0.6) is 0 Å². The number of amides is 2. The summed E-state index contributed by atoms with van der Waals surface area (Å²) in [6.45, 7) is 0. The number of aryl methyl sites for hydroxylation is 2. The van der Waals surface area contributed by atoms with Crippen molar-refractivity contribution in [3.8, 4) is 0 Å². The molecule has 0 unspecified atom stereocenters. The Hall–Kier alpha value is -1.96. The highest BCUT2D eigenvalue weighted by Gasteiger charge is 2.25. The first-order valence-corrected chi connectivity index (χ1v) is 9.80. The summed E-state index contributed by atoms with van der Waals surface area (Å²) < 4.78 is 2.77. The number of rotatable bonds is 4. The second-order valence-corrected chi connectivity index (χ2v) is 7.65. The van der Waals surface area contributed by atoms with Gasteiger partial charge in [0.1, 0.15) is 0 Å². The van der Waals surface area contributed by atoms with Crippen molar-refractivity contribution in [3.63, 3.8) is 0 Å². The third kappa shape index (κ3) is 3.34. The van der Waals surface area contributed by atoms with Gasteiger partial charge in [0.05, 0.1) is 0 Å². The molecule has 0 fully saturated rings. The fourth-order valence-corrected chi connectivity index (χ4v) is 4.69. The second kappa shape index (κ2) is 7.35. The molecule has 0 atom stereocenters. The van der Waals surface area contributed by atoms with Crippen LogP contribution in [0.15, 0.2) is 35.2 Å². The lowest BCUT2D eigenvalue weighted by Crippen LogP contribution is -2.33. The Morgan fingerprint density at radius 3 is 2.31 bits per heavy atom. The molecular formula is C19H21BN2O3S. The topological polar surface area (TPSA) is 81.6 Å². The molecule has 0 radical (unpaired) electrons. The van der Waals surface area contributed by atoms with Gasteiger partial charge in [-0.2, -0.15) is 0 Å². The highest BCUT2D eigenvalue weighted by Crippen LogP contribution is 2.38. The normalized spacial score (nSPS) is 14.7. The van der Waals surface area contributed by atoms with E-state index in [9.17, 15) is 14.8 Å². The number of nitrogens with one attached hydrogen (secondary N) is 2.